The van der Waals surface area contributed by atoms with Crippen LogP contribution >= 0.6 is 0 Å². The first kappa shape index (κ1) is 13.0. The number of hydrogen-bond donors (Lipinski definition) is 1. The highest BCUT2D eigenvalue weighted by Gasteiger charge is 2.11. The molecule has 3 heterocycles. The van der Waals surface area contributed by atoms with Gasteiger partial charge in [0.25, 0.3) is 5.91 Å². The summed E-state index contributed by atoms with van der Waals surface area (Å²) in [7, 11) is 1.55. The zero-order valence-electron chi connectivity index (χ0n) is 11.4. The minimum Gasteiger partial charge on any atom is -0.494 e. The Hall–Kier alpha value is -2.96. The number of nitrogens with one attached hydrogen (secondary N) is 1. The second-order valence-electron chi connectivity index (χ2n) is 4.29. The predicted molar refractivity (Wildman–Crippen MR) is 74.9 cm³/mol. The number of nitrogens with zero attached hydrogens (tertiary/aromatic N) is 4. The van der Waals surface area contributed by atoms with E-state index >= 15 is 0 Å². The third kappa shape index (κ3) is 2.66. The van der Waals surface area contributed by atoms with Crippen LogP contribution < -0.4 is 10.1 Å². The van der Waals surface area contributed by atoms with Gasteiger partial charge in [0, 0.05) is 6.20 Å². The second-order valence-corrected chi connectivity index (χ2v) is 4.29. The second kappa shape index (κ2) is 5.58. The highest BCUT2D eigenvalue weighted by Crippen LogP contribution is 2.07. The third-order valence-corrected chi connectivity index (χ3v) is 2.97. The van der Waals surface area contributed by atoms with Crippen molar-refractivity contribution < 1.29 is 9.53 Å². The van der Waals surface area contributed by atoms with Crippen LogP contribution in [-0.4, -0.2) is 32.4 Å². The average Bonchev–Trinajstić information content (AvgIpc) is 2.97. The Kier molecular flexibility index (Phi) is 3.46. The fourth-order valence-electron chi connectivity index (χ4n) is 1.89. The van der Waals surface area contributed by atoms with Gasteiger partial charge in [-0.3, -0.25) is 9.20 Å². The van der Waals surface area contributed by atoms with Crippen LogP contribution in [0.15, 0.2) is 43.0 Å². The Labute approximate surface area is 120 Å². The van der Waals surface area contributed by atoms with Crippen molar-refractivity contribution in [3.8, 4) is 5.75 Å². The molecule has 0 aliphatic heterocycles. The molecular formula is C14H13N5O2. The number of amides is 1. The Balaban J connectivity index is 1.71. The summed E-state index contributed by atoms with van der Waals surface area (Å²) in [6, 6.07) is 5.55. The average molecular weight is 283 g/mol. The third-order valence-electron chi connectivity index (χ3n) is 2.97. The normalized spacial score (nSPS) is 10.5. The molecule has 0 unspecified atom stereocenters. The highest BCUT2D eigenvalue weighted by atomic mass is 16.5. The van der Waals surface area contributed by atoms with Gasteiger partial charge in [-0.1, -0.05) is 6.07 Å². The Morgan fingerprint density at radius 1 is 1.24 bits per heavy atom. The topological polar surface area (TPSA) is 81.4 Å². The smallest absolute Gasteiger partial charge is 0.270 e. The number of fused-ring (bicyclic) bond motifs is 1. The summed E-state index contributed by atoms with van der Waals surface area (Å²) in [6.07, 6.45) is 6.45. The Bertz CT molecular complexity index is 766. The van der Waals surface area contributed by atoms with E-state index in [1.807, 2.05) is 18.2 Å². The van der Waals surface area contributed by atoms with Gasteiger partial charge in [0.15, 0.2) is 5.75 Å². The standard InChI is InChI=1S/C14H13N5O2/c1-21-10-6-15-12(16-7-10)9-18-14(20)11-8-17-13-4-2-3-5-19(11)13/h2-8H,9H2,1H3,(H,18,20). The molecule has 0 saturated carbocycles. The minimum absolute atomic E-state index is 0.229. The molecule has 0 aliphatic rings. The maximum absolute atomic E-state index is 12.2. The minimum atomic E-state index is -0.229. The summed E-state index contributed by atoms with van der Waals surface area (Å²) in [5.41, 5.74) is 1.20. The summed E-state index contributed by atoms with van der Waals surface area (Å²) in [4.78, 5) is 24.5. The molecule has 0 atom stereocenters. The van der Waals surface area contributed by atoms with Crippen molar-refractivity contribution in [3.63, 3.8) is 0 Å². The van der Waals surface area contributed by atoms with E-state index in [1.54, 1.807) is 36.3 Å². The molecule has 0 spiro atoms. The molecule has 7 nitrogen and oxygen atoms in total. The molecule has 0 fully saturated rings. The Morgan fingerprint density at radius 3 is 2.81 bits per heavy atom. The number of pyridine rings is 1. The summed E-state index contributed by atoms with van der Waals surface area (Å²) < 4.78 is 6.70. The van der Waals surface area contributed by atoms with E-state index in [0.29, 0.717) is 17.3 Å². The van der Waals surface area contributed by atoms with Crippen LogP contribution in [0, 0.1) is 0 Å². The number of aromatic nitrogens is 4. The predicted octanol–water partition coefficient (Wildman–Crippen LogP) is 1.06. The van der Waals surface area contributed by atoms with E-state index in [9.17, 15) is 4.79 Å². The van der Waals surface area contributed by atoms with E-state index in [2.05, 4.69) is 20.3 Å². The molecular weight excluding hydrogens is 270 g/mol. The molecule has 0 radical (unpaired) electrons. The van der Waals surface area contributed by atoms with Crippen LogP contribution in [0.1, 0.15) is 16.3 Å². The lowest BCUT2D eigenvalue weighted by molar-refractivity contribution is 0.0944. The van der Waals surface area contributed by atoms with E-state index in [4.69, 9.17) is 4.74 Å². The number of hydrogen-bond acceptors (Lipinski definition) is 5. The van der Waals surface area contributed by atoms with Crippen LogP contribution in [0.4, 0.5) is 0 Å². The summed E-state index contributed by atoms with van der Waals surface area (Å²) in [5.74, 6) is 0.859. The molecule has 7 heteroatoms. The summed E-state index contributed by atoms with van der Waals surface area (Å²) in [5, 5.41) is 2.77. The van der Waals surface area contributed by atoms with Gasteiger partial charge < -0.3 is 10.1 Å². The zero-order chi connectivity index (χ0) is 14.7. The van der Waals surface area contributed by atoms with Gasteiger partial charge in [-0.2, -0.15) is 0 Å². The van der Waals surface area contributed by atoms with Gasteiger partial charge in [-0.15, -0.1) is 0 Å². The molecule has 3 rings (SSSR count). The molecule has 21 heavy (non-hydrogen) atoms. The first-order valence-corrected chi connectivity index (χ1v) is 6.33. The van der Waals surface area contributed by atoms with Crippen LogP contribution in [-0.2, 0) is 6.54 Å². The maximum atomic E-state index is 12.2. The quantitative estimate of drug-likeness (QED) is 0.774. The van der Waals surface area contributed by atoms with Crippen molar-refractivity contribution in [2.45, 2.75) is 6.54 Å². The number of rotatable bonds is 4. The van der Waals surface area contributed by atoms with Crippen molar-refractivity contribution in [2.24, 2.45) is 0 Å². The summed E-state index contributed by atoms with van der Waals surface area (Å²) in [6.45, 7) is 0.239. The molecule has 3 aromatic rings. The Morgan fingerprint density at radius 2 is 2.05 bits per heavy atom. The van der Waals surface area contributed by atoms with Crippen LogP contribution in [0.5, 0.6) is 5.75 Å². The van der Waals surface area contributed by atoms with Crippen LogP contribution in [0.2, 0.25) is 0 Å². The molecule has 0 aromatic carbocycles. The van der Waals surface area contributed by atoms with Gasteiger partial charge in [-0.05, 0) is 12.1 Å². The molecule has 0 bridgehead atoms. The van der Waals surface area contributed by atoms with Gasteiger partial charge in [0.2, 0.25) is 0 Å². The first-order chi connectivity index (χ1) is 10.3. The first-order valence-electron chi connectivity index (χ1n) is 6.33. The van der Waals surface area contributed by atoms with Gasteiger partial charge in [0.1, 0.15) is 17.2 Å². The lowest BCUT2D eigenvalue weighted by Gasteiger charge is -2.04. The van der Waals surface area contributed by atoms with E-state index < -0.39 is 0 Å². The largest absolute Gasteiger partial charge is 0.494 e. The van der Waals surface area contributed by atoms with Crippen molar-refractivity contribution >= 4 is 11.6 Å². The molecule has 3 aromatic heterocycles. The molecule has 1 N–H and O–H groups in total. The van der Waals surface area contributed by atoms with Gasteiger partial charge in [-0.25, -0.2) is 15.0 Å². The van der Waals surface area contributed by atoms with Crippen molar-refractivity contribution in [1.82, 2.24) is 24.7 Å². The summed E-state index contributed by atoms with van der Waals surface area (Å²) >= 11 is 0. The number of carbonyl (C=O) groups excluding carboxylic acids is 1. The zero-order valence-corrected chi connectivity index (χ0v) is 11.4. The van der Waals surface area contributed by atoms with Gasteiger partial charge in [0.05, 0.1) is 32.2 Å². The lowest BCUT2D eigenvalue weighted by Crippen LogP contribution is -2.25. The van der Waals surface area contributed by atoms with E-state index in [0.717, 1.165) is 5.65 Å². The van der Waals surface area contributed by atoms with E-state index in [-0.39, 0.29) is 12.5 Å². The van der Waals surface area contributed by atoms with Crippen molar-refractivity contribution in [2.75, 3.05) is 7.11 Å². The van der Waals surface area contributed by atoms with Crippen molar-refractivity contribution in [3.05, 3.63) is 54.5 Å². The van der Waals surface area contributed by atoms with E-state index in [1.165, 1.54) is 0 Å². The number of carbonyl (C=O) groups is 1. The number of ether oxygens (including phenoxy) is 1. The maximum Gasteiger partial charge on any atom is 0.270 e. The fourth-order valence-corrected chi connectivity index (χ4v) is 1.89. The van der Waals surface area contributed by atoms with Gasteiger partial charge >= 0.3 is 0 Å². The number of imidazole rings is 1. The highest BCUT2D eigenvalue weighted by molar-refractivity contribution is 5.93. The molecule has 0 aliphatic carbocycles. The molecule has 1 amide bonds. The lowest BCUT2D eigenvalue weighted by atomic mass is 10.4. The monoisotopic (exact) mass is 283 g/mol. The molecule has 106 valence electrons. The SMILES string of the molecule is COc1cnc(CNC(=O)c2cnc3ccccn23)nc1. The van der Waals surface area contributed by atoms with Crippen LogP contribution in [0.25, 0.3) is 5.65 Å². The number of methoxy groups -OCH3 is 1. The molecule has 0 saturated heterocycles. The van der Waals surface area contributed by atoms with Crippen molar-refractivity contribution in [1.29, 1.82) is 0 Å². The fraction of sp³-hybridized carbons (Fsp3) is 0.143. The van der Waals surface area contributed by atoms with Crippen LogP contribution in [0.3, 0.4) is 0 Å².